The lowest BCUT2D eigenvalue weighted by molar-refractivity contribution is -0.136. The van der Waals surface area contributed by atoms with Crippen molar-refractivity contribution in [2.75, 3.05) is 44.3 Å². The van der Waals surface area contributed by atoms with E-state index in [2.05, 4.69) is 11.8 Å². The number of carbonyl (C=O) groups is 1. The number of thiazole rings is 1. The number of carbonyl (C=O) groups excluding carboxylic acids is 1. The minimum absolute atomic E-state index is 0.286. The van der Waals surface area contributed by atoms with Crippen LogP contribution in [0.5, 0.6) is 0 Å². The molecule has 3 heterocycles. The van der Waals surface area contributed by atoms with Crippen molar-refractivity contribution >= 4 is 44.2 Å². The highest BCUT2D eigenvalue weighted by Crippen LogP contribution is 2.37. The fourth-order valence-corrected chi connectivity index (χ4v) is 5.11. The molecule has 0 spiro atoms. The number of halogens is 1. The molecule has 1 aromatic heterocycles. The highest BCUT2D eigenvalue weighted by molar-refractivity contribution is 7.22. The Balaban J connectivity index is 1.37. The summed E-state index contributed by atoms with van der Waals surface area (Å²) < 4.78 is 6.40. The van der Waals surface area contributed by atoms with Crippen LogP contribution in [0.3, 0.4) is 0 Å². The number of aromatic nitrogens is 1. The van der Waals surface area contributed by atoms with Gasteiger partial charge in [0.1, 0.15) is 0 Å². The molecule has 5 nitrogen and oxygen atoms in total. The van der Waals surface area contributed by atoms with Crippen LogP contribution in [0.4, 0.5) is 5.13 Å². The molecule has 0 N–H and O–H groups in total. The maximum atomic E-state index is 12.4. The second kappa shape index (κ2) is 7.71. The topological polar surface area (TPSA) is 45.7 Å². The summed E-state index contributed by atoms with van der Waals surface area (Å²) in [6.07, 6.45) is 2.75. The van der Waals surface area contributed by atoms with E-state index >= 15 is 0 Å². The standard InChI is InChI=1S/C19H24ClN3O2S/c1-13-2-3-15(20)18-17(13)21-19(26-18)23-6-4-14(5-7-23)12-16(24)22-8-10-25-11-9-22/h2-3,14H,4-12H2,1H3. The summed E-state index contributed by atoms with van der Waals surface area (Å²) in [5, 5.41) is 1.83. The van der Waals surface area contributed by atoms with Crippen molar-refractivity contribution in [3.63, 3.8) is 0 Å². The van der Waals surface area contributed by atoms with Crippen LogP contribution in [0, 0.1) is 12.8 Å². The molecular weight excluding hydrogens is 370 g/mol. The van der Waals surface area contributed by atoms with Crippen LogP contribution < -0.4 is 4.90 Å². The van der Waals surface area contributed by atoms with Crippen LogP contribution in [0.2, 0.25) is 5.02 Å². The van der Waals surface area contributed by atoms with Gasteiger partial charge in [0.2, 0.25) is 5.91 Å². The third-order valence-electron chi connectivity index (χ3n) is 5.40. The van der Waals surface area contributed by atoms with E-state index in [4.69, 9.17) is 21.3 Å². The first-order valence-electron chi connectivity index (χ1n) is 9.28. The summed E-state index contributed by atoms with van der Waals surface area (Å²) >= 11 is 8.01. The predicted molar refractivity (Wildman–Crippen MR) is 106 cm³/mol. The second-order valence-electron chi connectivity index (χ2n) is 7.17. The van der Waals surface area contributed by atoms with E-state index in [0.717, 1.165) is 65.0 Å². The molecule has 0 radical (unpaired) electrons. The average molecular weight is 394 g/mol. The van der Waals surface area contributed by atoms with Crippen LogP contribution >= 0.6 is 22.9 Å². The Bertz CT molecular complexity index is 756. The van der Waals surface area contributed by atoms with Gasteiger partial charge in [-0.3, -0.25) is 4.79 Å². The van der Waals surface area contributed by atoms with E-state index in [1.54, 1.807) is 11.3 Å². The van der Waals surface area contributed by atoms with Crippen molar-refractivity contribution in [3.05, 3.63) is 22.7 Å². The van der Waals surface area contributed by atoms with Gasteiger partial charge in [0.25, 0.3) is 0 Å². The fourth-order valence-electron chi connectivity index (χ4n) is 3.74. The Hall–Kier alpha value is -1.37. The summed E-state index contributed by atoms with van der Waals surface area (Å²) in [5.41, 5.74) is 2.18. The second-order valence-corrected chi connectivity index (χ2v) is 8.55. The molecule has 2 aromatic rings. The van der Waals surface area contributed by atoms with Gasteiger partial charge in [-0.2, -0.15) is 0 Å². The Morgan fingerprint density at radius 3 is 2.69 bits per heavy atom. The van der Waals surface area contributed by atoms with Crippen molar-refractivity contribution in [3.8, 4) is 0 Å². The number of aryl methyl sites for hydroxylation is 1. The van der Waals surface area contributed by atoms with E-state index in [9.17, 15) is 4.79 Å². The highest BCUT2D eigenvalue weighted by Gasteiger charge is 2.26. The number of amides is 1. The van der Waals surface area contributed by atoms with Crippen LogP contribution in [0.25, 0.3) is 10.2 Å². The first kappa shape index (κ1) is 18.0. The number of fused-ring (bicyclic) bond motifs is 1. The first-order chi connectivity index (χ1) is 12.6. The fraction of sp³-hybridized carbons (Fsp3) is 0.579. The van der Waals surface area contributed by atoms with Gasteiger partial charge in [-0.05, 0) is 37.3 Å². The van der Waals surface area contributed by atoms with Crippen molar-refractivity contribution in [2.45, 2.75) is 26.2 Å². The van der Waals surface area contributed by atoms with E-state index in [1.807, 2.05) is 17.0 Å². The summed E-state index contributed by atoms with van der Waals surface area (Å²) in [6.45, 7) is 6.81. The van der Waals surface area contributed by atoms with Gasteiger partial charge in [0.05, 0.1) is 28.5 Å². The largest absolute Gasteiger partial charge is 0.378 e. The molecule has 2 saturated heterocycles. The Morgan fingerprint density at radius 1 is 1.27 bits per heavy atom. The third-order valence-corrected chi connectivity index (χ3v) is 6.97. The van der Waals surface area contributed by atoms with Gasteiger partial charge >= 0.3 is 0 Å². The Labute approximate surface area is 162 Å². The molecule has 0 aliphatic carbocycles. The number of anilines is 1. The van der Waals surface area contributed by atoms with Crippen molar-refractivity contribution < 1.29 is 9.53 Å². The lowest BCUT2D eigenvalue weighted by Crippen LogP contribution is -2.42. The van der Waals surface area contributed by atoms with Gasteiger partial charge < -0.3 is 14.5 Å². The molecule has 2 aliphatic heterocycles. The molecule has 4 rings (SSSR count). The monoisotopic (exact) mass is 393 g/mol. The average Bonchev–Trinajstić information content (AvgIpc) is 3.13. The van der Waals surface area contributed by atoms with Crippen molar-refractivity contribution in [1.82, 2.24) is 9.88 Å². The zero-order chi connectivity index (χ0) is 18.1. The highest BCUT2D eigenvalue weighted by atomic mass is 35.5. The number of rotatable bonds is 3. The first-order valence-corrected chi connectivity index (χ1v) is 10.5. The summed E-state index contributed by atoms with van der Waals surface area (Å²) in [7, 11) is 0. The molecule has 2 fully saturated rings. The van der Waals surface area contributed by atoms with Gasteiger partial charge in [-0.15, -0.1) is 0 Å². The number of hydrogen-bond acceptors (Lipinski definition) is 5. The Kier molecular flexibility index (Phi) is 5.34. The molecule has 0 unspecified atom stereocenters. The lowest BCUT2D eigenvalue weighted by atomic mass is 9.93. The van der Waals surface area contributed by atoms with Crippen LogP contribution in [-0.2, 0) is 9.53 Å². The van der Waals surface area contributed by atoms with E-state index < -0.39 is 0 Å². The molecular formula is C19H24ClN3O2S. The molecule has 1 amide bonds. The van der Waals surface area contributed by atoms with E-state index in [0.29, 0.717) is 25.6 Å². The zero-order valence-electron chi connectivity index (χ0n) is 15.0. The zero-order valence-corrected chi connectivity index (χ0v) is 16.6. The third kappa shape index (κ3) is 3.68. The maximum absolute atomic E-state index is 12.4. The number of ether oxygens (including phenoxy) is 1. The van der Waals surface area contributed by atoms with Crippen LogP contribution in [0.1, 0.15) is 24.8 Å². The maximum Gasteiger partial charge on any atom is 0.223 e. The van der Waals surface area contributed by atoms with E-state index in [1.165, 1.54) is 0 Å². The minimum Gasteiger partial charge on any atom is -0.378 e. The number of benzene rings is 1. The Morgan fingerprint density at radius 2 is 2.00 bits per heavy atom. The number of nitrogens with zero attached hydrogens (tertiary/aromatic N) is 3. The predicted octanol–water partition coefficient (Wildman–Crippen LogP) is 3.72. The molecule has 0 bridgehead atoms. The SMILES string of the molecule is Cc1ccc(Cl)c2sc(N3CCC(CC(=O)N4CCOCC4)CC3)nc12. The number of hydrogen-bond donors (Lipinski definition) is 0. The lowest BCUT2D eigenvalue weighted by Gasteiger charge is -2.33. The van der Waals surface area contributed by atoms with E-state index in [-0.39, 0.29) is 5.91 Å². The molecule has 0 saturated carbocycles. The van der Waals surface area contributed by atoms with Crippen LogP contribution in [-0.4, -0.2) is 55.2 Å². The quantitative estimate of drug-likeness (QED) is 0.797. The van der Waals surface area contributed by atoms with Gasteiger partial charge in [-0.1, -0.05) is 29.0 Å². The van der Waals surface area contributed by atoms with Gasteiger partial charge in [0, 0.05) is 32.6 Å². The molecule has 7 heteroatoms. The minimum atomic E-state index is 0.286. The van der Waals surface area contributed by atoms with Crippen molar-refractivity contribution in [2.24, 2.45) is 5.92 Å². The summed E-state index contributed by atoms with van der Waals surface area (Å²) in [6, 6.07) is 3.97. The van der Waals surface area contributed by atoms with Gasteiger partial charge in [-0.25, -0.2) is 4.98 Å². The molecule has 1 aromatic carbocycles. The summed E-state index contributed by atoms with van der Waals surface area (Å²) in [5.74, 6) is 0.760. The number of piperidine rings is 1. The molecule has 0 atom stereocenters. The molecule has 140 valence electrons. The van der Waals surface area contributed by atoms with Crippen LogP contribution in [0.15, 0.2) is 12.1 Å². The van der Waals surface area contributed by atoms with Gasteiger partial charge in [0.15, 0.2) is 5.13 Å². The summed E-state index contributed by atoms with van der Waals surface area (Å²) in [4.78, 5) is 21.6. The molecule has 2 aliphatic rings. The normalized spacial score (nSPS) is 19.3. The molecule has 26 heavy (non-hydrogen) atoms. The smallest absolute Gasteiger partial charge is 0.223 e. The van der Waals surface area contributed by atoms with Crippen molar-refractivity contribution in [1.29, 1.82) is 0 Å². The number of morpholine rings is 1.